The number of phenols is 1. The quantitative estimate of drug-likeness (QED) is 0.735. The minimum atomic E-state index is -0.750. The van der Waals surface area contributed by atoms with Crippen LogP contribution in [0, 0.1) is 6.92 Å². The summed E-state index contributed by atoms with van der Waals surface area (Å²) in [6.07, 6.45) is 0.891. The molecule has 0 unspecified atom stereocenters. The van der Waals surface area contributed by atoms with Gasteiger partial charge in [0.25, 0.3) is 0 Å². The standard InChI is InChI=1S/C21H17NO.O2S/c1-14-5-10-20-18(11-14)13-21(22-20)16-8-6-15(7-9-16)17-3-2-4-19(23)12-17;1-3-2/h2-12,23H,13H2,1H3;. The minimum absolute atomic E-state index is 0.289. The van der Waals surface area contributed by atoms with Crippen molar-refractivity contribution in [2.24, 2.45) is 4.99 Å². The Hall–Kier alpha value is -3.05. The molecule has 4 rings (SSSR count). The number of nitrogens with zero attached hydrogens (tertiary/aromatic N) is 1. The van der Waals surface area contributed by atoms with E-state index in [9.17, 15) is 5.11 Å². The van der Waals surface area contributed by atoms with E-state index in [4.69, 9.17) is 13.4 Å². The van der Waals surface area contributed by atoms with Gasteiger partial charge in [0.2, 0.25) is 0 Å². The van der Waals surface area contributed by atoms with Crippen LogP contribution in [0.1, 0.15) is 16.7 Å². The number of hydrogen-bond donors (Lipinski definition) is 1. The molecule has 26 heavy (non-hydrogen) atoms. The molecule has 0 fully saturated rings. The van der Waals surface area contributed by atoms with E-state index in [0.29, 0.717) is 0 Å². The van der Waals surface area contributed by atoms with Crippen LogP contribution in [0.15, 0.2) is 71.7 Å². The number of rotatable bonds is 2. The predicted molar refractivity (Wildman–Crippen MR) is 104 cm³/mol. The normalized spacial score (nSPS) is 11.8. The summed E-state index contributed by atoms with van der Waals surface area (Å²) in [4.78, 5) is 4.76. The van der Waals surface area contributed by atoms with E-state index in [0.717, 1.165) is 34.5 Å². The number of aryl methyl sites for hydroxylation is 1. The van der Waals surface area contributed by atoms with Gasteiger partial charge in [0.15, 0.2) is 0 Å². The molecule has 1 aliphatic rings. The van der Waals surface area contributed by atoms with Crippen LogP contribution < -0.4 is 0 Å². The van der Waals surface area contributed by atoms with Crippen LogP contribution in [0.4, 0.5) is 5.69 Å². The number of aliphatic imine (C=N–C) groups is 1. The van der Waals surface area contributed by atoms with Crippen LogP contribution in [0.25, 0.3) is 11.1 Å². The van der Waals surface area contributed by atoms with Gasteiger partial charge in [-0.25, -0.2) is 0 Å². The van der Waals surface area contributed by atoms with E-state index < -0.39 is 11.6 Å². The molecule has 5 heteroatoms. The molecular weight excluding hydrogens is 346 g/mol. The number of phenolic OH excluding ortho intramolecular Hbond substituents is 1. The molecule has 1 N–H and O–H groups in total. The lowest BCUT2D eigenvalue weighted by Crippen LogP contribution is -2.00. The zero-order chi connectivity index (χ0) is 18.5. The van der Waals surface area contributed by atoms with Crippen LogP contribution in [-0.4, -0.2) is 19.2 Å². The molecule has 4 nitrogen and oxygen atoms in total. The van der Waals surface area contributed by atoms with E-state index in [1.165, 1.54) is 11.1 Å². The zero-order valence-electron chi connectivity index (χ0n) is 14.2. The molecule has 0 radical (unpaired) electrons. The van der Waals surface area contributed by atoms with Gasteiger partial charge < -0.3 is 5.11 Å². The fraction of sp³-hybridized carbons (Fsp3) is 0.0952. The van der Waals surface area contributed by atoms with Crippen LogP contribution in [0.5, 0.6) is 5.75 Å². The van der Waals surface area contributed by atoms with Crippen molar-refractivity contribution in [2.45, 2.75) is 13.3 Å². The highest BCUT2D eigenvalue weighted by molar-refractivity contribution is 7.51. The fourth-order valence-corrected chi connectivity index (χ4v) is 3.04. The Bertz CT molecular complexity index is 1000. The zero-order valence-corrected chi connectivity index (χ0v) is 15.0. The summed E-state index contributed by atoms with van der Waals surface area (Å²) in [5, 5.41) is 9.60. The van der Waals surface area contributed by atoms with Gasteiger partial charge in [-0.2, -0.15) is 8.42 Å². The molecule has 0 aromatic heterocycles. The molecule has 0 spiro atoms. The topological polar surface area (TPSA) is 66.7 Å². The van der Waals surface area contributed by atoms with Crippen molar-refractivity contribution >= 4 is 23.0 Å². The van der Waals surface area contributed by atoms with Crippen molar-refractivity contribution in [1.29, 1.82) is 0 Å². The summed E-state index contributed by atoms with van der Waals surface area (Å²) < 4.78 is 16.6. The highest BCUT2D eigenvalue weighted by Gasteiger charge is 2.16. The highest BCUT2D eigenvalue weighted by Crippen LogP contribution is 2.30. The first kappa shape index (κ1) is 17.8. The molecular formula is C21H17NO3S. The van der Waals surface area contributed by atoms with Gasteiger partial charge in [0.1, 0.15) is 5.75 Å². The third-order valence-corrected chi connectivity index (χ3v) is 4.25. The lowest BCUT2D eigenvalue weighted by atomic mass is 9.99. The summed E-state index contributed by atoms with van der Waals surface area (Å²) in [6, 6.07) is 22.1. The predicted octanol–water partition coefficient (Wildman–Crippen LogP) is 4.37. The number of fused-ring (bicyclic) bond motifs is 1. The maximum Gasteiger partial charge on any atom is 0.335 e. The molecule has 0 saturated heterocycles. The van der Waals surface area contributed by atoms with Gasteiger partial charge in [-0.3, -0.25) is 4.99 Å². The van der Waals surface area contributed by atoms with Gasteiger partial charge in [0.05, 0.1) is 11.4 Å². The van der Waals surface area contributed by atoms with E-state index in [1.807, 2.05) is 12.1 Å². The Labute approximate surface area is 155 Å². The van der Waals surface area contributed by atoms with Crippen molar-refractivity contribution in [1.82, 2.24) is 0 Å². The maximum atomic E-state index is 9.60. The van der Waals surface area contributed by atoms with E-state index in [2.05, 4.69) is 49.4 Å². The molecule has 3 aromatic rings. The molecule has 130 valence electrons. The van der Waals surface area contributed by atoms with Gasteiger partial charge in [-0.05, 0) is 47.4 Å². The average Bonchev–Trinajstić information content (AvgIpc) is 3.06. The third kappa shape index (κ3) is 3.95. The summed E-state index contributed by atoms with van der Waals surface area (Å²) >= 11 is -0.750. The average molecular weight is 363 g/mol. The summed E-state index contributed by atoms with van der Waals surface area (Å²) in [7, 11) is 0. The minimum Gasteiger partial charge on any atom is -0.508 e. The number of hydrogen-bond acceptors (Lipinski definition) is 4. The lowest BCUT2D eigenvalue weighted by Gasteiger charge is -2.05. The number of benzene rings is 3. The summed E-state index contributed by atoms with van der Waals surface area (Å²) in [6.45, 7) is 2.11. The largest absolute Gasteiger partial charge is 0.508 e. The van der Waals surface area contributed by atoms with Gasteiger partial charge in [-0.1, -0.05) is 54.1 Å². The Balaban J connectivity index is 0.000000613. The molecule has 0 amide bonds. The SMILES string of the molecule is Cc1ccc2c(c1)CC(c1ccc(-c3cccc(O)c3)cc1)=N2.O=S=O. The van der Waals surface area contributed by atoms with Crippen molar-refractivity contribution in [3.8, 4) is 16.9 Å². The maximum absolute atomic E-state index is 9.60. The molecule has 0 aliphatic carbocycles. The lowest BCUT2D eigenvalue weighted by molar-refractivity contribution is 0.475. The van der Waals surface area contributed by atoms with Gasteiger partial charge >= 0.3 is 11.6 Å². The molecule has 0 atom stereocenters. The van der Waals surface area contributed by atoms with Crippen LogP contribution in [-0.2, 0) is 18.0 Å². The van der Waals surface area contributed by atoms with Crippen molar-refractivity contribution in [3.05, 3.63) is 83.4 Å². The molecule has 1 heterocycles. The molecule has 0 saturated carbocycles. The second-order valence-electron chi connectivity index (χ2n) is 6.06. The van der Waals surface area contributed by atoms with Crippen LogP contribution in [0.3, 0.4) is 0 Å². The fourth-order valence-electron chi connectivity index (χ4n) is 3.04. The van der Waals surface area contributed by atoms with E-state index in [1.54, 1.807) is 12.1 Å². The van der Waals surface area contributed by atoms with E-state index in [-0.39, 0.29) is 5.75 Å². The van der Waals surface area contributed by atoms with Crippen LogP contribution >= 0.6 is 0 Å². The molecule has 1 aliphatic heterocycles. The van der Waals surface area contributed by atoms with Gasteiger partial charge in [0, 0.05) is 6.42 Å². The Morgan fingerprint density at radius 3 is 2.27 bits per heavy atom. The van der Waals surface area contributed by atoms with Crippen molar-refractivity contribution in [2.75, 3.05) is 0 Å². The second-order valence-corrected chi connectivity index (χ2v) is 6.20. The first-order valence-corrected chi connectivity index (χ1v) is 8.76. The van der Waals surface area contributed by atoms with Gasteiger partial charge in [-0.15, -0.1) is 0 Å². The summed E-state index contributed by atoms with van der Waals surface area (Å²) in [5.74, 6) is 0.289. The highest BCUT2D eigenvalue weighted by atomic mass is 32.1. The molecule has 3 aromatic carbocycles. The van der Waals surface area contributed by atoms with E-state index >= 15 is 0 Å². The Kier molecular flexibility index (Phi) is 5.39. The summed E-state index contributed by atoms with van der Waals surface area (Å²) in [5.41, 5.74) is 8.05. The second kappa shape index (κ2) is 7.89. The first-order valence-electron chi connectivity index (χ1n) is 8.09. The smallest absolute Gasteiger partial charge is 0.335 e. The Morgan fingerprint density at radius 2 is 1.58 bits per heavy atom. The monoisotopic (exact) mass is 363 g/mol. The Morgan fingerprint density at radius 1 is 0.885 bits per heavy atom. The van der Waals surface area contributed by atoms with Crippen molar-refractivity contribution < 1.29 is 13.5 Å². The molecule has 0 bridgehead atoms. The first-order chi connectivity index (χ1) is 12.6. The number of aromatic hydroxyl groups is 1. The third-order valence-electron chi connectivity index (χ3n) is 4.25. The van der Waals surface area contributed by atoms with Crippen LogP contribution in [0.2, 0.25) is 0 Å². The van der Waals surface area contributed by atoms with Crippen molar-refractivity contribution in [3.63, 3.8) is 0 Å².